The molecule has 8 atom stereocenters. The SMILES string of the molecule is CSc1nc(N(NC(=O)NC(=O)[C@@H](N)[C@@H](C)O)C(=O)NC(=O)[C@@H](N)[C@@H](C)O)c2ncn([C@@H]3O[C@H](CO)[C@@H](O)[C@H]3O)c2n1. The van der Waals surface area contributed by atoms with E-state index in [4.69, 9.17) is 16.2 Å². The van der Waals surface area contributed by atoms with Crippen LogP contribution in [0.4, 0.5) is 15.4 Å². The molecule has 2 aromatic heterocycles. The van der Waals surface area contributed by atoms with E-state index in [0.29, 0.717) is 5.01 Å². The Balaban J connectivity index is 2.07. The normalized spacial score (nSPS) is 23.1. The smallest absolute Gasteiger partial charge is 0.349 e. The van der Waals surface area contributed by atoms with Gasteiger partial charge in [-0.1, -0.05) is 11.8 Å². The number of hydrogen-bond donors (Lipinski definition) is 10. The van der Waals surface area contributed by atoms with Crippen molar-refractivity contribution in [3.63, 3.8) is 0 Å². The minimum Gasteiger partial charge on any atom is -0.394 e. The zero-order valence-electron chi connectivity index (χ0n) is 22.5. The summed E-state index contributed by atoms with van der Waals surface area (Å²) in [6.45, 7) is 1.81. The van der Waals surface area contributed by atoms with Gasteiger partial charge in [-0.15, -0.1) is 0 Å². The predicted molar refractivity (Wildman–Crippen MR) is 142 cm³/mol. The molecule has 3 heterocycles. The van der Waals surface area contributed by atoms with Crippen molar-refractivity contribution in [3.05, 3.63) is 6.33 Å². The average molecular weight is 617 g/mol. The number of ether oxygens (including phenoxy) is 1. The molecule has 1 fully saturated rings. The summed E-state index contributed by atoms with van der Waals surface area (Å²) in [6.07, 6.45) is -5.39. The second-order valence-electron chi connectivity index (χ2n) is 9.18. The van der Waals surface area contributed by atoms with Crippen LogP contribution in [0.2, 0.25) is 0 Å². The van der Waals surface area contributed by atoms with Crippen LogP contribution in [-0.2, 0) is 14.3 Å². The summed E-state index contributed by atoms with van der Waals surface area (Å²) in [5.74, 6) is -2.68. The summed E-state index contributed by atoms with van der Waals surface area (Å²) in [7, 11) is 0. The summed E-state index contributed by atoms with van der Waals surface area (Å²) in [5.41, 5.74) is 12.9. The van der Waals surface area contributed by atoms with Gasteiger partial charge in [-0.05, 0) is 20.1 Å². The van der Waals surface area contributed by atoms with E-state index < -0.39 is 85.1 Å². The molecular formula is C21H32N10O10S. The third-order valence-corrected chi connectivity index (χ3v) is 6.64. The van der Waals surface area contributed by atoms with Gasteiger partial charge in [-0.3, -0.25) is 24.8 Å². The van der Waals surface area contributed by atoms with Gasteiger partial charge >= 0.3 is 12.1 Å². The standard InChI is InChI=1S/C21H32N10O10S/c1-6(33)9(22)16(37)27-19(39)29-31(21(40)28-17(38)10(23)7(2)34)15-11-14(25-20(26-15)42-3)30(5-24-11)18-13(36)12(35)8(4-32)41-18/h5-10,12-13,18,32-36H,4,22-23H2,1-3H3,(H,28,38,40)(H2,27,29,37,39)/t6-,7-,8-,9+,10+,12-,13-,18-/m1/s1. The second kappa shape index (κ2) is 13.6. The maximum Gasteiger partial charge on any atom is 0.349 e. The van der Waals surface area contributed by atoms with Crippen molar-refractivity contribution >= 4 is 52.6 Å². The maximum atomic E-state index is 13.3. The first kappa shape index (κ1) is 33.0. The largest absolute Gasteiger partial charge is 0.394 e. The number of nitrogens with zero attached hydrogens (tertiary/aromatic N) is 5. The molecule has 1 aliphatic heterocycles. The molecule has 0 saturated carbocycles. The highest BCUT2D eigenvalue weighted by Gasteiger charge is 2.44. The molecule has 0 radical (unpaired) electrons. The minimum absolute atomic E-state index is 0.00906. The van der Waals surface area contributed by atoms with Crippen LogP contribution < -0.4 is 32.5 Å². The molecule has 2 aromatic rings. The molecular weight excluding hydrogens is 584 g/mol. The topological polar surface area (TPSA) is 314 Å². The Morgan fingerprint density at radius 3 is 2.19 bits per heavy atom. The van der Waals surface area contributed by atoms with Crippen LogP contribution in [0.3, 0.4) is 0 Å². The number of anilines is 1. The van der Waals surface area contributed by atoms with Crippen LogP contribution >= 0.6 is 11.8 Å². The van der Waals surface area contributed by atoms with Crippen molar-refractivity contribution < 1.29 is 49.4 Å². The van der Waals surface area contributed by atoms with E-state index in [-0.39, 0.29) is 16.3 Å². The number of imide groups is 2. The van der Waals surface area contributed by atoms with Gasteiger partial charge in [0.2, 0.25) is 11.8 Å². The third kappa shape index (κ3) is 6.91. The quantitative estimate of drug-likeness (QED) is 0.0757. The van der Waals surface area contributed by atoms with E-state index in [1.54, 1.807) is 6.26 Å². The fourth-order valence-corrected chi connectivity index (χ4v) is 3.99. The lowest BCUT2D eigenvalue weighted by Gasteiger charge is -2.24. The number of urea groups is 2. The van der Waals surface area contributed by atoms with E-state index in [1.165, 1.54) is 18.4 Å². The Hall–Kier alpha value is -3.54. The first-order chi connectivity index (χ1) is 19.7. The zero-order chi connectivity index (χ0) is 31.5. The summed E-state index contributed by atoms with van der Waals surface area (Å²) in [6, 6.07) is -5.75. The minimum atomic E-state index is -1.55. The lowest BCUT2D eigenvalue weighted by Crippen LogP contribution is -2.60. The number of hydrogen-bond acceptors (Lipinski definition) is 16. The van der Waals surface area contributed by atoms with Gasteiger partial charge in [0.05, 0.1) is 25.1 Å². The molecule has 1 saturated heterocycles. The van der Waals surface area contributed by atoms with Crippen LogP contribution in [0.1, 0.15) is 20.1 Å². The lowest BCUT2D eigenvalue weighted by atomic mass is 10.1. The molecule has 0 aliphatic carbocycles. The highest BCUT2D eigenvalue weighted by molar-refractivity contribution is 7.98. The molecule has 232 valence electrons. The van der Waals surface area contributed by atoms with Crippen LogP contribution in [0.5, 0.6) is 0 Å². The number of fused-ring (bicyclic) bond motifs is 1. The highest BCUT2D eigenvalue weighted by atomic mass is 32.2. The van der Waals surface area contributed by atoms with Crippen LogP contribution in [-0.4, -0.2) is 124 Å². The molecule has 1 aliphatic rings. The molecule has 20 nitrogen and oxygen atoms in total. The van der Waals surface area contributed by atoms with E-state index in [0.717, 1.165) is 18.1 Å². The van der Waals surface area contributed by atoms with E-state index in [9.17, 15) is 44.7 Å². The molecule has 0 spiro atoms. The Morgan fingerprint density at radius 2 is 1.67 bits per heavy atom. The van der Waals surface area contributed by atoms with Crippen molar-refractivity contribution in [1.82, 2.24) is 35.6 Å². The fraction of sp³-hybridized carbons (Fsp3) is 0.571. The number of amides is 6. The van der Waals surface area contributed by atoms with E-state index in [1.807, 2.05) is 16.1 Å². The molecule has 12 N–H and O–H groups in total. The average Bonchev–Trinajstić information content (AvgIpc) is 3.49. The van der Waals surface area contributed by atoms with Gasteiger partial charge in [0, 0.05) is 0 Å². The Kier molecular flexibility index (Phi) is 10.7. The molecule has 0 bridgehead atoms. The molecule has 42 heavy (non-hydrogen) atoms. The van der Waals surface area contributed by atoms with Gasteiger partial charge in [-0.2, -0.15) is 5.01 Å². The van der Waals surface area contributed by atoms with Gasteiger partial charge in [0.15, 0.2) is 28.4 Å². The number of rotatable bonds is 8. The Morgan fingerprint density at radius 1 is 1.07 bits per heavy atom. The monoisotopic (exact) mass is 616 g/mol. The first-order valence-corrected chi connectivity index (χ1v) is 13.5. The van der Waals surface area contributed by atoms with Crippen molar-refractivity contribution in [3.8, 4) is 0 Å². The molecule has 0 unspecified atom stereocenters. The number of imidazole rings is 1. The summed E-state index contributed by atoms with van der Waals surface area (Å²) in [4.78, 5) is 63.3. The number of nitrogens with one attached hydrogen (secondary N) is 3. The van der Waals surface area contributed by atoms with Gasteiger partial charge in [0.1, 0.15) is 30.4 Å². The van der Waals surface area contributed by atoms with Gasteiger partial charge in [-0.25, -0.2) is 30.0 Å². The van der Waals surface area contributed by atoms with E-state index >= 15 is 0 Å². The highest BCUT2D eigenvalue weighted by Crippen LogP contribution is 2.33. The van der Waals surface area contributed by atoms with Crippen molar-refractivity contribution in [2.45, 2.75) is 67.8 Å². The number of aromatic nitrogens is 4. The molecule has 0 aromatic carbocycles. The molecule has 21 heteroatoms. The van der Waals surface area contributed by atoms with Crippen LogP contribution in [0.15, 0.2) is 11.5 Å². The number of nitrogens with two attached hydrogens (primary N) is 2. The van der Waals surface area contributed by atoms with Crippen molar-refractivity contribution in [1.29, 1.82) is 0 Å². The van der Waals surface area contributed by atoms with E-state index in [2.05, 4.69) is 15.0 Å². The number of aliphatic hydroxyl groups is 5. The number of aliphatic hydroxyl groups excluding tert-OH is 5. The Bertz CT molecular complexity index is 1330. The zero-order valence-corrected chi connectivity index (χ0v) is 23.3. The van der Waals surface area contributed by atoms with Crippen LogP contribution in [0, 0.1) is 0 Å². The molecule has 3 rings (SSSR count). The molecule has 6 amide bonds. The number of hydrazine groups is 1. The summed E-state index contributed by atoms with van der Waals surface area (Å²) in [5, 5.41) is 53.5. The van der Waals surface area contributed by atoms with Gasteiger partial charge < -0.3 is 41.7 Å². The third-order valence-electron chi connectivity index (χ3n) is 6.10. The number of carbonyl (C=O) groups is 4. The number of thioether (sulfide) groups is 1. The maximum absolute atomic E-state index is 13.3. The van der Waals surface area contributed by atoms with Gasteiger partial charge in [0.25, 0.3) is 0 Å². The van der Waals surface area contributed by atoms with Crippen molar-refractivity contribution in [2.75, 3.05) is 17.9 Å². The first-order valence-electron chi connectivity index (χ1n) is 12.3. The number of carbonyl (C=O) groups excluding carboxylic acids is 4. The van der Waals surface area contributed by atoms with Crippen LogP contribution in [0.25, 0.3) is 11.2 Å². The summed E-state index contributed by atoms with van der Waals surface area (Å²) >= 11 is 0.986. The predicted octanol–water partition coefficient (Wildman–Crippen LogP) is -4.64. The van der Waals surface area contributed by atoms with Crippen molar-refractivity contribution in [2.24, 2.45) is 11.5 Å². The fourth-order valence-electron chi connectivity index (χ4n) is 3.63. The summed E-state index contributed by atoms with van der Waals surface area (Å²) < 4.78 is 6.74. The lowest BCUT2D eigenvalue weighted by molar-refractivity contribution is -0.124. The second-order valence-corrected chi connectivity index (χ2v) is 9.95. The Labute approximate surface area is 241 Å².